The van der Waals surface area contributed by atoms with E-state index >= 15 is 0 Å². The first kappa shape index (κ1) is 18.1. The van der Waals surface area contributed by atoms with Gasteiger partial charge in [0.25, 0.3) is 0 Å². The van der Waals surface area contributed by atoms with Gasteiger partial charge < -0.3 is 0 Å². The Morgan fingerprint density at radius 2 is 1.85 bits per heavy atom. The number of hydrogen-bond acceptors (Lipinski definition) is 5. The summed E-state index contributed by atoms with van der Waals surface area (Å²) in [6.45, 7) is 0.349. The Morgan fingerprint density at radius 1 is 1.15 bits per heavy atom. The minimum Gasteiger partial charge on any atom is -0.290 e. The average molecular weight is 402 g/mol. The van der Waals surface area contributed by atoms with Crippen LogP contribution < -0.4 is 4.90 Å². The molecule has 0 N–H and O–H groups in total. The fourth-order valence-corrected chi connectivity index (χ4v) is 5.93. The molecule has 8 heteroatoms. The molecule has 1 atom stereocenters. The Kier molecular flexibility index (Phi) is 4.71. The maximum absolute atomic E-state index is 13.1. The third-order valence-corrected chi connectivity index (χ3v) is 7.77. The Morgan fingerprint density at radius 3 is 2.59 bits per heavy atom. The molecule has 0 saturated carbocycles. The number of rotatable bonds is 4. The molecule has 2 heterocycles. The fourth-order valence-electron chi connectivity index (χ4n) is 3.32. The van der Waals surface area contributed by atoms with Crippen molar-refractivity contribution < 1.29 is 13.2 Å². The van der Waals surface area contributed by atoms with E-state index in [1.165, 1.54) is 20.5 Å². The first-order chi connectivity index (χ1) is 13.0. The lowest BCUT2D eigenvalue weighted by Crippen LogP contribution is -2.46. The molecule has 1 aromatic heterocycles. The number of sulfonamides is 1. The molecule has 1 aliphatic rings. The fraction of sp³-hybridized carbons (Fsp3) is 0.263. The van der Waals surface area contributed by atoms with Gasteiger partial charge in [-0.25, -0.2) is 13.4 Å². The number of hydrogen-bond donors (Lipinski definition) is 0. The standard InChI is InChI=1S/C19H19N3O3S2/c1-21(19-20-15-10-5-6-12-17(15)26-19)18(23)16-11-7-13-22(16)27(24,25)14-8-3-2-4-9-14/h2-6,8-10,12,16H,7,11,13H2,1H3. The van der Waals surface area contributed by atoms with Crippen molar-refractivity contribution in [1.29, 1.82) is 0 Å². The van der Waals surface area contributed by atoms with Crippen molar-refractivity contribution in [2.24, 2.45) is 0 Å². The van der Waals surface area contributed by atoms with Gasteiger partial charge >= 0.3 is 0 Å². The topological polar surface area (TPSA) is 70.6 Å². The summed E-state index contributed by atoms with van der Waals surface area (Å²) >= 11 is 1.42. The maximum Gasteiger partial charge on any atom is 0.246 e. The van der Waals surface area contributed by atoms with E-state index in [1.807, 2.05) is 24.3 Å². The second-order valence-corrected chi connectivity index (χ2v) is 9.35. The molecule has 1 unspecified atom stereocenters. The zero-order valence-corrected chi connectivity index (χ0v) is 16.4. The van der Waals surface area contributed by atoms with Gasteiger partial charge in [-0.05, 0) is 37.1 Å². The van der Waals surface area contributed by atoms with Gasteiger partial charge in [-0.1, -0.05) is 41.7 Å². The summed E-state index contributed by atoms with van der Waals surface area (Å²) in [6.07, 6.45) is 1.18. The SMILES string of the molecule is CN(C(=O)C1CCCN1S(=O)(=O)c1ccccc1)c1nc2ccccc2s1. The molecule has 0 spiro atoms. The number of nitrogens with zero attached hydrogens (tertiary/aromatic N) is 3. The Balaban J connectivity index is 1.62. The number of anilines is 1. The van der Waals surface area contributed by atoms with Crippen molar-refractivity contribution in [3.8, 4) is 0 Å². The Bertz CT molecular complexity index is 1050. The number of para-hydroxylation sites is 1. The summed E-state index contributed by atoms with van der Waals surface area (Å²) in [7, 11) is -2.05. The van der Waals surface area contributed by atoms with E-state index in [2.05, 4.69) is 4.98 Å². The number of aromatic nitrogens is 1. The lowest BCUT2D eigenvalue weighted by molar-refractivity contribution is -0.121. The van der Waals surface area contributed by atoms with Crippen LogP contribution in [0, 0.1) is 0 Å². The second kappa shape index (κ2) is 7.03. The number of benzene rings is 2. The van der Waals surface area contributed by atoms with Crippen molar-refractivity contribution in [2.75, 3.05) is 18.5 Å². The first-order valence-electron chi connectivity index (χ1n) is 8.68. The van der Waals surface area contributed by atoms with E-state index in [-0.39, 0.29) is 10.8 Å². The molecule has 0 aliphatic carbocycles. The smallest absolute Gasteiger partial charge is 0.246 e. The van der Waals surface area contributed by atoms with E-state index in [1.54, 1.807) is 37.4 Å². The summed E-state index contributed by atoms with van der Waals surface area (Å²) in [6, 6.07) is 15.3. The lowest BCUT2D eigenvalue weighted by atomic mass is 10.2. The first-order valence-corrected chi connectivity index (χ1v) is 10.9. The van der Waals surface area contributed by atoms with E-state index in [9.17, 15) is 13.2 Å². The highest BCUT2D eigenvalue weighted by molar-refractivity contribution is 7.89. The summed E-state index contributed by atoms with van der Waals surface area (Å²) in [5.74, 6) is -0.244. The van der Waals surface area contributed by atoms with Gasteiger partial charge in [0, 0.05) is 13.6 Å². The van der Waals surface area contributed by atoms with E-state index < -0.39 is 16.1 Å². The highest BCUT2D eigenvalue weighted by atomic mass is 32.2. The van der Waals surface area contributed by atoms with Crippen molar-refractivity contribution in [2.45, 2.75) is 23.8 Å². The van der Waals surface area contributed by atoms with Gasteiger partial charge in [-0.15, -0.1) is 0 Å². The van der Waals surface area contributed by atoms with Gasteiger partial charge in [0.1, 0.15) is 6.04 Å². The molecule has 1 amide bonds. The van der Waals surface area contributed by atoms with Crippen LogP contribution in [-0.4, -0.2) is 43.2 Å². The Hall–Kier alpha value is -2.29. The predicted octanol–water partition coefficient (Wildman–Crippen LogP) is 3.11. The molecular formula is C19H19N3O3S2. The Labute approximate surface area is 162 Å². The number of carbonyl (C=O) groups is 1. The van der Waals surface area contributed by atoms with Crippen molar-refractivity contribution >= 4 is 42.6 Å². The van der Waals surface area contributed by atoms with Gasteiger partial charge in [-0.2, -0.15) is 4.31 Å². The van der Waals surface area contributed by atoms with Crippen LogP contribution in [0.25, 0.3) is 10.2 Å². The number of amides is 1. The van der Waals surface area contributed by atoms with E-state index in [4.69, 9.17) is 0 Å². The highest BCUT2D eigenvalue weighted by Gasteiger charge is 2.41. The summed E-state index contributed by atoms with van der Waals surface area (Å²) < 4.78 is 28.3. The maximum atomic E-state index is 13.1. The molecule has 1 aliphatic heterocycles. The molecular weight excluding hydrogens is 382 g/mol. The summed E-state index contributed by atoms with van der Waals surface area (Å²) in [5, 5.41) is 0.574. The van der Waals surface area contributed by atoms with Crippen LogP contribution in [0.2, 0.25) is 0 Å². The lowest BCUT2D eigenvalue weighted by Gasteiger charge is -2.26. The normalized spacial score (nSPS) is 18.0. The molecule has 6 nitrogen and oxygen atoms in total. The predicted molar refractivity (Wildman–Crippen MR) is 106 cm³/mol. The van der Waals surface area contributed by atoms with Crippen molar-refractivity contribution in [1.82, 2.24) is 9.29 Å². The van der Waals surface area contributed by atoms with Crippen LogP contribution in [-0.2, 0) is 14.8 Å². The van der Waals surface area contributed by atoms with Crippen LogP contribution in [0.15, 0.2) is 59.5 Å². The number of likely N-dealkylation sites (N-methyl/N-ethyl adjacent to an activating group) is 1. The monoisotopic (exact) mass is 401 g/mol. The van der Waals surface area contributed by atoms with Crippen LogP contribution >= 0.6 is 11.3 Å². The molecule has 1 fully saturated rings. The van der Waals surface area contributed by atoms with Gasteiger partial charge in [0.05, 0.1) is 15.1 Å². The molecule has 3 aromatic rings. The highest BCUT2D eigenvalue weighted by Crippen LogP contribution is 2.31. The molecule has 4 rings (SSSR count). The number of carbonyl (C=O) groups excluding carboxylic acids is 1. The third-order valence-electron chi connectivity index (χ3n) is 4.74. The zero-order chi connectivity index (χ0) is 19.0. The van der Waals surface area contributed by atoms with Gasteiger partial charge in [0.15, 0.2) is 5.13 Å². The third kappa shape index (κ3) is 3.24. The quantitative estimate of drug-likeness (QED) is 0.674. The molecule has 1 saturated heterocycles. The minimum atomic E-state index is -3.70. The minimum absolute atomic E-state index is 0.215. The average Bonchev–Trinajstić information content (AvgIpc) is 3.34. The zero-order valence-electron chi connectivity index (χ0n) is 14.8. The summed E-state index contributed by atoms with van der Waals surface area (Å²) in [5.41, 5.74) is 0.831. The van der Waals surface area contributed by atoms with Crippen molar-refractivity contribution in [3.05, 3.63) is 54.6 Å². The van der Waals surface area contributed by atoms with Gasteiger partial charge in [0.2, 0.25) is 15.9 Å². The largest absolute Gasteiger partial charge is 0.290 e. The summed E-state index contributed by atoms with van der Waals surface area (Å²) in [4.78, 5) is 19.3. The molecule has 0 radical (unpaired) electrons. The molecule has 2 aromatic carbocycles. The number of thiazole rings is 1. The van der Waals surface area contributed by atoms with Crippen LogP contribution in [0.4, 0.5) is 5.13 Å². The van der Waals surface area contributed by atoms with Crippen LogP contribution in [0.5, 0.6) is 0 Å². The van der Waals surface area contributed by atoms with Crippen molar-refractivity contribution in [3.63, 3.8) is 0 Å². The van der Waals surface area contributed by atoms with Gasteiger partial charge in [-0.3, -0.25) is 9.69 Å². The van der Waals surface area contributed by atoms with Crippen LogP contribution in [0.3, 0.4) is 0 Å². The van der Waals surface area contributed by atoms with E-state index in [0.717, 1.165) is 10.2 Å². The van der Waals surface area contributed by atoms with Crippen LogP contribution in [0.1, 0.15) is 12.8 Å². The molecule has 140 valence electrons. The van der Waals surface area contributed by atoms with E-state index in [0.29, 0.717) is 24.5 Å². The second-order valence-electron chi connectivity index (χ2n) is 6.45. The number of fused-ring (bicyclic) bond motifs is 1. The molecule has 27 heavy (non-hydrogen) atoms. The molecule has 0 bridgehead atoms.